The summed E-state index contributed by atoms with van der Waals surface area (Å²) < 4.78 is 5.31. The van der Waals surface area contributed by atoms with Crippen LogP contribution in [-0.4, -0.2) is 15.4 Å². The van der Waals surface area contributed by atoms with Gasteiger partial charge in [0.25, 0.3) is 0 Å². The molecule has 62 valence electrons. The molecule has 2 heterocycles. The van der Waals surface area contributed by atoms with E-state index >= 15 is 0 Å². The first-order valence-electron chi connectivity index (χ1n) is 3.06. The van der Waals surface area contributed by atoms with Crippen molar-refractivity contribution in [1.29, 1.82) is 0 Å². The molecule has 2 aromatic rings. The summed E-state index contributed by atoms with van der Waals surface area (Å²) in [6.07, 6.45) is 0. The first-order chi connectivity index (χ1) is 5.70. The predicted molar refractivity (Wildman–Crippen MR) is 48.9 cm³/mol. The van der Waals surface area contributed by atoms with Gasteiger partial charge in [-0.1, -0.05) is 0 Å². The summed E-state index contributed by atoms with van der Waals surface area (Å²) in [6.45, 7) is 0. The van der Waals surface area contributed by atoms with Gasteiger partial charge < -0.3 is 10.8 Å². The van der Waals surface area contributed by atoms with Crippen LogP contribution in [-0.2, 0) is 0 Å². The molecule has 4 nitrogen and oxygen atoms in total. The van der Waals surface area contributed by atoms with Crippen molar-refractivity contribution in [2.45, 2.75) is 0 Å². The summed E-state index contributed by atoms with van der Waals surface area (Å²) in [5, 5.41) is 10.3. The minimum Gasteiger partial charge on any atom is -0.478 e. The molecule has 3 N–H and O–H groups in total. The largest absolute Gasteiger partial charge is 0.478 e. The van der Waals surface area contributed by atoms with Crippen LogP contribution < -0.4 is 5.73 Å². The molecule has 0 aliphatic carbocycles. The van der Waals surface area contributed by atoms with E-state index < -0.39 is 5.97 Å². The lowest BCUT2D eigenvalue weighted by molar-refractivity contribution is 0.0699. The van der Waals surface area contributed by atoms with Gasteiger partial charge in [0.15, 0.2) is 5.82 Å². The molecule has 0 unspecified atom stereocenters. The third-order valence-electron chi connectivity index (χ3n) is 1.44. The van der Waals surface area contributed by atoms with E-state index in [0.717, 1.165) is 16.2 Å². The Labute approximate surface area is 75.4 Å². The highest BCUT2D eigenvalue weighted by Crippen LogP contribution is 2.33. The van der Waals surface area contributed by atoms with Crippen LogP contribution in [0.2, 0.25) is 0 Å². The maximum atomic E-state index is 10.6. The van der Waals surface area contributed by atoms with Crippen LogP contribution in [0.15, 0.2) is 5.38 Å². The van der Waals surface area contributed by atoms with Crippen LogP contribution in [0.5, 0.6) is 0 Å². The van der Waals surface area contributed by atoms with E-state index in [1.165, 1.54) is 11.3 Å². The van der Waals surface area contributed by atoms with Gasteiger partial charge in [-0.05, 0) is 11.5 Å². The summed E-state index contributed by atoms with van der Waals surface area (Å²) in [6, 6.07) is 0. The highest BCUT2D eigenvalue weighted by Gasteiger charge is 2.14. The number of nitrogens with zero attached hydrogens (tertiary/aromatic N) is 1. The molecule has 0 bridgehead atoms. The SMILES string of the molecule is Nc1nsc2c(C(=O)O)csc12. The average molecular weight is 200 g/mol. The number of nitrogens with two attached hydrogens (primary N) is 1. The second-order valence-electron chi connectivity index (χ2n) is 2.18. The van der Waals surface area contributed by atoms with Crippen molar-refractivity contribution in [1.82, 2.24) is 4.37 Å². The lowest BCUT2D eigenvalue weighted by atomic mass is 10.3. The van der Waals surface area contributed by atoms with Crippen LogP contribution >= 0.6 is 22.9 Å². The predicted octanol–water partition coefficient (Wildman–Crippen LogP) is 1.64. The second-order valence-corrected chi connectivity index (χ2v) is 3.83. The van der Waals surface area contributed by atoms with Crippen LogP contribution in [0, 0.1) is 0 Å². The van der Waals surface area contributed by atoms with Crippen molar-refractivity contribution in [3.63, 3.8) is 0 Å². The molecule has 0 aliphatic heterocycles. The number of hydrogen-bond donors (Lipinski definition) is 2. The lowest BCUT2D eigenvalue weighted by Gasteiger charge is -1.82. The fourth-order valence-corrected chi connectivity index (χ4v) is 2.84. The van der Waals surface area contributed by atoms with Crippen LogP contribution in [0.3, 0.4) is 0 Å². The number of carboxylic acid groups (broad SMARTS) is 1. The van der Waals surface area contributed by atoms with Gasteiger partial charge in [-0.3, -0.25) is 0 Å². The van der Waals surface area contributed by atoms with Gasteiger partial charge in [-0.15, -0.1) is 11.3 Å². The van der Waals surface area contributed by atoms with Crippen molar-refractivity contribution in [3.8, 4) is 0 Å². The maximum Gasteiger partial charge on any atom is 0.338 e. The monoisotopic (exact) mass is 200 g/mol. The number of carboxylic acids is 1. The first kappa shape index (κ1) is 7.51. The van der Waals surface area contributed by atoms with E-state index in [1.807, 2.05) is 0 Å². The molecular weight excluding hydrogens is 196 g/mol. The molecule has 2 rings (SSSR count). The van der Waals surface area contributed by atoms with Gasteiger partial charge in [-0.2, -0.15) is 4.37 Å². The van der Waals surface area contributed by atoms with Gasteiger partial charge in [0.05, 0.1) is 15.0 Å². The molecule has 0 fully saturated rings. The van der Waals surface area contributed by atoms with Crippen molar-refractivity contribution in [2.75, 3.05) is 5.73 Å². The molecule has 0 saturated heterocycles. The van der Waals surface area contributed by atoms with Gasteiger partial charge in [0, 0.05) is 5.38 Å². The van der Waals surface area contributed by atoms with Crippen molar-refractivity contribution in [2.24, 2.45) is 0 Å². The van der Waals surface area contributed by atoms with E-state index in [2.05, 4.69) is 4.37 Å². The summed E-state index contributed by atoms with van der Waals surface area (Å²) >= 11 is 2.45. The van der Waals surface area contributed by atoms with Crippen LogP contribution in [0.1, 0.15) is 10.4 Å². The molecule has 0 saturated carbocycles. The summed E-state index contributed by atoms with van der Waals surface area (Å²) in [5.74, 6) is -0.502. The topological polar surface area (TPSA) is 76.2 Å². The zero-order valence-corrected chi connectivity index (χ0v) is 7.41. The van der Waals surface area contributed by atoms with Gasteiger partial charge in [-0.25, -0.2) is 4.79 Å². The molecule has 0 spiro atoms. The van der Waals surface area contributed by atoms with E-state index in [0.29, 0.717) is 16.1 Å². The summed E-state index contributed by atoms with van der Waals surface area (Å²) in [5.41, 5.74) is 5.80. The number of fused-ring (bicyclic) bond motifs is 1. The number of nitrogen functional groups attached to an aromatic ring is 1. The number of aromatic nitrogens is 1. The zero-order chi connectivity index (χ0) is 8.72. The van der Waals surface area contributed by atoms with Crippen molar-refractivity contribution in [3.05, 3.63) is 10.9 Å². The fourth-order valence-electron chi connectivity index (χ4n) is 0.898. The Balaban J connectivity index is 2.79. The lowest BCUT2D eigenvalue weighted by Crippen LogP contribution is -1.91. The normalized spacial score (nSPS) is 10.7. The minimum atomic E-state index is -0.926. The smallest absolute Gasteiger partial charge is 0.338 e. The molecule has 6 heteroatoms. The molecule has 0 aromatic carbocycles. The minimum absolute atomic E-state index is 0.296. The molecule has 12 heavy (non-hydrogen) atoms. The first-order valence-corrected chi connectivity index (χ1v) is 4.71. The maximum absolute atomic E-state index is 10.6. The third-order valence-corrected chi connectivity index (χ3v) is 3.47. The quantitative estimate of drug-likeness (QED) is 0.733. The Morgan fingerprint density at radius 1 is 1.58 bits per heavy atom. The number of rotatable bonds is 1. The van der Waals surface area contributed by atoms with Crippen molar-refractivity contribution >= 4 is 44.1 Å². The molecule has 0 aliphatic rings. The van der Waals surface area contributed by atoms with Crippen molar-refractivity contribution < 1.29 is 9.90 Å². The molecule has 0 radical (unpaired) electrons. The third kappa shape index (κ3) is 0.886. The van der Waals surface area contributed by atoms with E-state index in [-0.39, 0.29) is 0 Å². The summed E-state index contributed by atoms with van der Waals surface area (Å²) in [4.78, 5) is 10.6. The Kier molecular flexibility index (Phi) is 1.52. The number of hydrogen-bond acceptors (Lipinski definition) is 5. The van der Waals surface area contributed by atoms with Gasteiger partial charge in [0.2, 0.25) is 0 Å². The molecule has 2 aromatic heterocycles. The summed E-state index contributed by atoms with van der Waals surface area (Å²) in [7, 11) is 0. The Bertz CT molecular complexity index is 445. The van der Waals surface area contributed by atoms with Gasteiger partial charge >= 0.3 is 5.97 Å². The Morgan fingerprint density at radius 3 is 3.00 bits per heavy atom. The number of carbonyl (C=O) groups is 1. The average Bonchev–Trinajstić information content (AvgIpc) is 2.53. The number of anilines is 1. The zero-order valence-electron chi connectivity index (χ0n) is 5.77. The second kappa shape index (κ2) is 2.43. The molecule has 0 atom stereocenters. The Morgan fingerprint density at radius 2 is 2.33 bits per heavy atom. The van der Waals surface area contributed by atoms with E-state index in [4.69, 9.17) is 10.8 Å². The van der Waals surface area contributed by atoms with E-state index in [9.17, 15) is 4.79 Å². The molecule has 0 amide bonds. The fraction of sp³-hybridized carbons (Fsp3) is 0. The Hall–Kier alpha value is -1.14. The van der Waals surface area contributed by atoms with E-state index in [1.54, 1.807) is 5.38 Å². The molecular formula is C6H4N2O2S2. The number of thiophene rings is 1. The van der Waals surface area contributed by atoms with Crippen LogP contribution in [0.25, 0.3) is 9.40 Å². The standard InChI is InChI=1S/C6H4N2O2S2/c7-5-4-3(12-8-5)2(1-11-4)6(9)10/h1H,(H2,7,8)(H,9,10). The van der Waals surface area contributed by atoms with Gasteiger partial charge in [0.1, 0.15) is 0 Å². The number of aromatic carboxylic acids is 1. The van der Waals surface area contributed by atoms with Crippen LogP contribution in [0.4, 0.5) is 5.82 Å². The highest BCUT2D eigenvalue weighted by molar-refractivity contribution is 7.25. The highest BCUT2D eigenvalue weighted by atomic mass is 32.1.